The van der Waals surface area contributed by atoms with Crippen LogP contribution in [0.2, 0.25) is 0 Å². The molecule has 0 saturated carbocycles. The molecule has 0 fully saturated rings. The Labute approximate surface area is 99.7 Å². The van der Waals surface area contributed by atoms with Crippen LogP contribution in [0.4, 0.5) is 10.1 Å². The third-order valence-electron chi connectivity index (χ3n) is 1.96. The average Bonchev–Trinajstić information content (AvgIpc) is 2.29. The van der Waals surface area contributed by atoms with Crippen molar-refractivity contribution >= 4 is 28.7 Å². The monoisotopic (exact) mass is 239 g/mol. The van der Waals surface area contributed by atoms with Gasteiger partial charge in [0.15, 0.2) is 5.11 Å². The largest absolute Gasteiger partial charge is 0.331 e. The summed E-state index contributed by atoms with van der Waals surface area (Å²) in [5.41, 5.74) is 4.40. The highest BCUT2D eigenvalue weighted by atomic mass is 32.1. The Bertz CT molecular complexity index is 387. The molecule has 5 heteroatoms. The van der Waals surface area contributed by atoms with E-state index < -0.39 is 0 Å². The van der Waals surface area contributed by atoms with E-state index in [0.717, 1.165) is 17.8 Å². The number of nitrogens with one attached hydrogen (secondary N) is 2. The van der Waals surface area contributed by atoms with Crippen molar-refractivity contribution in [3.05, 3.63) is 30.1 Å². The lowest BCUT2D eigenvalue weighted by molar-refractivity contribution is 0.628. The van der Waals surface area contributed by atoms with E-state index in [1.165, 1.54) is 12.1 Å². The van der Waals surface area contributed by atoms with E-state index >= 15 is 0 Å². The van der Waals surface area contributed by atoms with Crippen molar-refractivity contribution in [1.82, 2.24) is 5.43 Å². The summed E-state index contributed by atoms with van der Waals surface area (Å²) in [7, 11) is 0. The second kappa shape index (κ2) is 6.17. The van der Waals surface area contributed by atoms with Crippen molar-refractivity contribution in [3.8, 4) is 0 Å². The number of benzene rings is 1. The van der Waals surface area contributed by atoms with Gasteiger partial charge in [-0.3, -0.25) is 5.43 Å². The summed E-state index contributed by atoms with van der Waals surface area (Å²) in [4.78, 5) is 0. The number of anilines is 1. The molecule has 0 atom stereocenters. The highest BCUT2D eigenvalue weighted by molar-refractivity contribution is 7.80. The zero-order valence-corrected chi connectivity index (χ0v) is 10.1. The van der Waals surface area contributed by atoms with Crippen LogP contribution in [0.1, 0.15) is 20.3 Å². The molecule has 0 aliphatic carbocycles. The van der Waals surface area contributed by atoms with E-state index in [0.29, 0.717) is 5.11 Å². The highest BCUT2D eigenvalue weighted by Gasteiger charge is 1.96. The van der Waals surface area contributed by atoms with Gasteiger partial charge < -0.3 is 5.32 Å². The summed E-state index contributed by atoms with van der Waals surface area (Å²) in [6, 6.07) is 5.95. The van der Waals surface area contributed by atoms with Crippen molar-refractivity contribution in [3.63, 3.8) is 0 Å². The molecule has 3 nitrogen and oxygen atoms in total. The van der Waals surface area contributed by atoms with E-state index in [1.807, 2.05) is 13.8 Å². The molecule has 1 rings (SSSR count). The van der Waals surface area contributed by atoms with Crippen LogP contribution in [0.15, 0.2) is 29.4 Å². The van der Waals surface area contributed by atoms with E-state index in [-0.39, 0.29) is 5.82 Å². The Morgan fingerprint density at radius 1 is 1.38 bits per heavy atom. The van der Waals surface area contributed by atoms with Crippen LogP contribution in [-0.2, 0) is 0 Å². The molecule has 2 N–H and O–H groups in total. The molecule has 86 valence electrons. The fraction of sp³-hybridized carbons (Fsp3) is 0.273. The minimum atomic E-state index is -0.274. The first-order valence-electron chi connectivity index (χ1n) is 4.97. The SMILES string of the molecule is CC/C(C)=N\NC(=S)Nc1ccc(F)cc1. The molecule has 0 spiro atoms. The third kappa shape index (κ3) is 4.35. The van der Waals surface area contributed by atoms with Gasteiger partial charge in [-0.15, -0.1) is 0 Å². The van der Waals surface area contributed by atoms with Gasteiger partial charge in [0.05, 0.1) is 0 Å². The van der Waals surface area contributed by atoms with Crippen LogP contribution in [0.25, 0.3) is 0 Å². The minimum absolute atomic E-state index is 0.274. The van der Waals surface area contributed by atoms with Gasteiger partial charge in [0, 0.05) is 11.4 Å². The van der Waals surface area contributed by atoms with E-state index in [2.05, 4.69) is 15.8 Å². The molecule has 1 aromatic carbocycles. The Kier molecular flexibility index (Phi) is 4.85. The first-order valence-corrected chi connectivity index (χ1v) is 5.38. The molecule has 0 aliphatic rings. The van der Waals surface area contributed by atoms with Gasteiger partial charge in [-0.05, 0) is 49.8 Å². The van der Waals surface area contributed by atoms with Crippen molar-refractivity contribution in [2.45, 2.75) is 20.3 Å². The van der Waals surface area contributed by atoms with E-state index in [9.17, 15) is 4.39 Å². The maximum atomic E-state index is 12.6. The highest BCUT2D eigenvalue weighted by Crippen LogP contribution is 2.07. The third-order valence-corrected chi connectivity index (χ3v) is 2.16. The summed E-state index contributed by atoms with van der Waals surface area (Å²) >= 11 is 5.01. The number of hydrazone groups is 1. The molecule has 1 aromatic rings. The number of hydrogen-bond acceptors (Lipinski definition) is 2. The first kappa shape index (κ1) is 12.6. The number of nitrogens with zero attached hydrogens (tertiary/aromatic N) is 1. The van der Waals surface area contributed by atoms with Crippen LogP contribution in [0.5, 0.6) is 0 Å². The molecule has 0 unspecified atom stereocenters. The van der Waals surface area contributed by atoms with E-state index in [1.54, 1.807) is 12.1 Å². The Morgan fingerprint density at radius 3 is 2.56 bits per heavy atom. The zero-order chi connectivity index (χ0) is 12.0. The lowest BCUT2D eigenvalue weighted by Gasteiger charge is -2.07. The van der Waals surface area contributed by atoms with Crippen LogP contribution < -0.4 is 10.7 Å². The summed E-state index contributed by atoms with van der Waals surface area (Å²) < 4.78 is 12.6. The molecule has 0 heterocycles. The summed E-state index contributed by atoms with van der Waals surface area (Å²) in [6.45, 7) is 3.92. The second-order valence-electron chi connectivity index (χ2n) is 3.27. The standard InChI is InChI=1S/C11H14FN3S/c1-3-8(2)14-15-11(16)13-10-6-4-9(12)5-7-10/h4-7H,3H2,1-2H3,(H2,13,15,16)/b14-8-. The Balaban J connectivity index is 2.49. The molecular weight excluding hydrogens is 225 g/mol. The fourth-order valence-electron chi connectivity index (χ4n) is 0.918. The van der Waals surface area contributed by atoms with Crippen molar-refractivity contribution in [1.29, 1.82) is 0 Å². The molecule has 0 aliphatic heterocycles. The minimum Gasteiger partial charge on any atom is -0.331 e. The molecule has 0 saturated heterocycles. The first-order chi connectivity index (χ1) is 7.61. The van der Waals surface area contributed by atoms with Gasteiger partial charge in [-0.25, -0.2) is 4.39 Å². The molecule has 0 amide bonds. The predicted molar refractivity (Wildman–Crippen MR) is 69.2 cm³/mol. The number of thiocarbonyl (C=S) groups is 1. The second-order valence-corrected chi connectivity index (χ2v) is 3.68. The van der Waals surface area contributed by atoms with Gasteiger partial charge in [0.25, 0.3) is 0 Å². The summed E-state index contributed by atoms with van der Waals surface area (Å²) in [6.07, 6.45) is 0.867. The summed E-state index contributed by atoms with van der Waals surface area (Å²) in [5.74, 6) is -0.274. The number of halogens is 1. The van der Waals surface area contributed by atoms with E-state index in [4.69, 9.17) is 12.2 Å². The Morgan fingerprint density at radius 2 is 2.00 bits per heavy atom. The quantitative estimate of drug-likeness (QED) is 0.484. The molecule has 0 radical (unpaired) electrons. The van der Waals surface area contributed by atoms with Crippen molar-refractivity contribution in [2.75, 3.05) is 5.32 Å². The molecule has 0 aromatic heterocycles. The Hall–Kier alpha value is -1.49. The van der Waals surface area contributed by atoms with Crippen molar-refractivity contribution < 1.29 is 4.39 Å². The topological polar surface area (TPSA) is 36.4 Å². The smallest absolute Gasteiger partial charge is 0.191 e. The lowest BCUT2D eigenvalue weighted by atomic mass is 10.3. The van der Waals surface area contributed by atoms with Gasteiger partial charge in [-0.1, -0.05) is 6.92 Å². The molecule has 16 heavy (non-hydrogen) atoms. The maximum Gasteiger partial charge on any atom is 0.191 e. The van der Waals surface area contributed by atoms with Gasteiger partial charge in [0.1, 0.15) is 5.82 Å². The maximum absolute atomic E-state index is 12.6. The molecular formula is C11H14FN3S. The van der Waals surface area contributed by atoms with Gasteiger partial charge in [0.2, 0.25) is 0 Å². The summed E-state index contributed by atoms with van der Waals surface area (Å²) in [5, 5.41) is 7.33. The van der Waals surface area contributed by atoms with Crippen molar-refractivity contribution in [2.24, 2.45) is 5.10 Å². The normalized spacial score (nSPS) is 11.1. The van der Waals surface area contributed by atoms with Crippen LogP contribution in [0, 0.1) is 5.82 Å². The zero-order valence-electron chi connectivity index (χ0n) is 9.25. The lowest BCUT2D eigenvalue weighted by Crippen LogP contribution is -2.24. The van der Waals surface area contributed by atoms with Gasteiger partial charge in [-0.2, -0.15) is 5.10 Å². The van der Waals surface area contributed by atoms with Crippen LogP contribution >= 0.6 is 12.2 Å². The van der Waals surface area contributed by atoms with Crippen LogP contribution in [0.3, 0.4) is 0 Å². The predicted octanol–water partition coefficient (Wildman–Crippen LogP) is 2.90. The number of hydrogen-bond donors (Lipinski definition) is 2. The molecule has 0 bridgehead atoms. The fourth-order valence-corrected chi connectivity index (χ4v) is 1.08. The average molecular weight is 239 g/mol. The number of rotatable bonds is 3. The van der Waals surface area contributed by atoms with Gasteiger partial charge >= 0.3 is 0 Å². The van der Waals surface area contributed by atoms with Crippen LogP contribution in [-0.4, -0.2) is 10.8 Å².